The van der Waals surface area contributed by atoms with Crippen LogP contribution in [0.5, 0.6) is 0 Å². The van der Waals surface area contributed by atoms with Crippen molar-refractivity contribution in [3.63, 3.8) is 0 Å². The van der Waals surface area contributed by atoms with Gasteiger partial charge in [-0.05, 0) is 42.9 Å². The molecule has 1 N–H and O–H groups in total. The Bertz CT molecular complexity index is 633. The molecule has 2 unspecified atom stereocenters. The van der Waals surface area contributed by atoms with Crippen molar-refractivity contribution in [3.8, 4) is 0 Å². The predicted octanol–water partition coefficient (Wildman–Crippen LogP) is 2.46. The van der Waals surface area contributed by atoms with Gasteiger partial charge in [0.25, 0.3) is 5.91 Å². The van der Waals surface area contributed by atoms with Gasteiger partial charge in [-0.2, -0.15) is 0 Å². The highest BCUT2D eigenvalue weighted by molar-refractivity contribution is 5.92. The topological polar surface area (TPSA) is 61.9 Å². The van der Waals surface area contributed by atoms with Gasteiger partial charge in [0, 0.05) is 38.5 Å². The Kier molecular flexibility index (Phi) is 6.85. The average Bonchev–Trinajstić information content (AvgIpc) is 3.23. The summed E-state index contributed by atoms with van der Waals surface area (Å²) in [7, 11) is 0. The quantitative estimate of drug-likeness (QED) is 0.832. The first-order chi connectivity index (χ1) is 13.1. The maximum atomic E-state index is 12.4. The smallest absolute Gasteiger partial charge is 0.251 e. The molecule has 148 valence electrons. The van der Waals surface area contributed by atoms with Crippen molar-refractivity contribution in [2.75, 3.05) is 44.6 Å². The third-order valence-corrected chi connectivity index (χ3v) is 5.63. The number of rotatable bonds is 6. The first-order valence-electron chi connectivity index (χ1n) is 10.1. The van der Waals surface area contributed by atoms with E-state index in [1.807, 2.05) is 17.0 Å². The van der Waals surface area contributed by atoms with E-state index in [0.717, 1.165) is 38.0 Å². The molecule has 0 aliphatic carbocycles. The van der Waals surface area contributed by atoms with Gasteiger partial charge < -0.3 is 15.0 Å². The van der Waals surface area contributed by atoms with Gasteiger partial charge in [0.1, 0.15) is 6.10 Å². The molecule has 1 aromatic rings. The van der Waals surface area contributed by atoms with Crippen LogP contribution in [-0.4, -0.2) is 67.0 Å². The van der Waals surface area contributed by atoms with Gasteiger partial charge in [-0.3, -0.25) is 14.5 Å². The van der Waals surface area contributed by atoms with E-state index in [-0.39, 0.29) is 17.9 Å². The molecule has 2 aliphatic heterocycles. The Morgan fingerprint density at radius 2 is 1.89 bits per heavy atom. The molecule has 2 saturated heterocycles. The second kappa shape index (κ2) is 9.33. The number of piperazine rings is 1. The Balaban J connectivity index is 1.42. The number of amides is 2. The van der Waals surface area contributed by atoms with E-state index in [4.69, 9.17) is 4.74 Å². The molecule has 3 rings (SSSR count). The Labute approximate surface area is 161 Å². The second-order valence-electron chi connectivity index (χ2n) is 7.58. The fourth-order valence-electron chi connectivity index (χ4n) is 3.64. The molecule has 2 amide bonds. The zero-order valence-corrected chi connectivity index (χ0v) is 16.4. The normalized spacial score (nSPS) is 21.9. The van der Waals surface area contributed by atoms with E-state index in [1.165, 1.54) is 5.56 Å². The molecule has 2 heterocycles. The molecule has 27 heavy (non-hydrogen) atoms. The minimum absolute atomic E-state index is 0.00908. The highest BCUT2D eigenvalue weighted by atomic mass is 16.5. The van der Waals surface area contributed by atoms with Crippen molar-refractivity contribution >= 4 is 17.5 Å². The highest BCUT2D eigenvalue weighted by Crippen LogP contribution is 2.20. The van der Waals surface area contributed by atoms with Gasteiger partial charge >= 0.3 is 0 Å². The zero-order valence-electron chi connectivity index (χ0n) is 16.4. The van der Waals surface area contributed by atoms with Crippen LogP contribution in [0, 0.1) is 0 Å². The fourth-order valence-corrected chi connectivity index (χ4v) is 3.64. The summed E-state index contributed by atoms with van der Waals surface area (Å²) in [5, 5.41) is 2.97. The molecular formula is C21H31N3O3. The summed E-state index contributed by atoms with van der Waals surface area (Å²) >= 11 is 0. The zero-order chi connectivity index (χ0) is 19.2. The standard InChI is InChI=1S/C21H31N3O3/c1-3-16(2)17-6-8-18(9-7-17)22-20(25)15-23-10-12-24(13-11-23)21(26)19-5-4-14-27-19/h6-9,16,19H,3-5,10-15H2,1-2H3,(H,22,25). The third-order valence-electron chi connectivity index (χ3n) is 5.63. The lowest BCUT2D eigenvalue weighted by molar-refractivity contribution is -0.142. The second-order valence-corrected chi connectivity index (χ2v) is 7.58. The largest absolute Gasteiger partial charge is 0.368 e. The van der Waals surface area contributed by atoms with Crippen LogP contribution in [0.15, 0.2) is 24.3 Å². The van der Waals surface area contributed by atoms with E-state index in [9.17, 15) is 9.59 Å². The molecule has 0 spiro atoms. The van der Waals surface area contributed by atoms with Crippen molar-refractivity contribution < 1.29 is 14.3 Å². The molecule has 2 fully saturated rings. The summed E-state index contributed by atoms with van der Waals surface area (Å²) in [5.74, 6) is 0.631. The van der Waals surface area contributed by atoms with Crippen LogP contribution in [0.4, 0.5) is 5.69 Å². The fraction of sp³-hybridized carbons (Fsp3) is 0.619. The minimum atomic E-state index is -0.252. The molecule has 2 atom stereocenters. The van der Waals surface area contributed by atoms with Crippen molar-refractivity contribution in [2.45, 2.75) is 45.1 Å². The number of nitrogens with one attached hydrogen (secondary N) is 1. The van der Waals surface area contributed by atoms with E-state index in [1.54, 1.807) is 0 Å². The number of hydrogen-bond acceptors (Lipinski definition) is 4. The van der Waals surface area contributed by atoms with Crippen molar-refractivity contribution in [3.05, 3.63) is 29.8 Å². The van der Waals surface area contributed by atoms with Gasteiger partial charge in [-0.25, -0.2) is 0 Å². The van der Waals surface area contributed by atoms with Crippen LogP contribution < -0.4 is 5.32 Å². The van der Waals surface area contributed by atoms with Crippen LogP contribution >= 0.6 is 0 Å². The molecule has 0 saturated carbocycles. The Morgan fingerprint density at radius 1 is 1.19 bits per heavy atom. The van der Waals surface area contributed by atoms with Gasteiger partial charge in [0.05, 0.1) is 6.54 Å². The van der Waals surface area contributed by atoms with Crippen LogP contribution in [0.1, 0.15) is 44.6 Å². The van der Waals surface area contributed by atoms with Gasteiger partial charge in [0.15, 0.2) is 0 Å². The lowest BCUT2D eigenvalue weighted by atomic mass is 9.99. The van der Waals surface area contributed by atoms with Crippen LogP contribution in [0.2, 0.25) is 0 Å². The number of ether oxygens (including phenoxy) is 1. The van der Waals surface area contributed by atoms with Crippen LogP contribution in [0.25, 0.3) is 0 Å². The minimum Gasteiger partial charge on any atom is -0.368 e. The van der Waals surface area contributed by atoms with Crippen molar-refractivity contribution in [2.24, 2.45) is 0 Å². The number of anilines is 1. The number of carbonyl (C=O) groups is 2. The van der Waals surface area contributed by atoms with E-state index in [2.05, 4.69) is 36.2 Å². The molecule has 0 radical (unpaired) electrons. The third kappa shape index (κ3) is 5.30. The monoisotopic (exact) mass is 373 g/mol. The molecule has 0 aromatic heterocycles. The van der Waals surface area contributed by atoms with Crippen LogP contribution in [-0.2, 0) is 14.3 Å². The Morgan fingerprint density at radius 3 is 2.48 bits per heavy atom. The van der Waals surface area contributed by atoms with E-state index < -0.39 is 0 Å². The first-order valence-corrected chi connectivity index (χ1v) is 10.1. The summed E-state index contributed by atoms with van der Waals surface area (Å²) in [5.41, 5.74) is 2.13. The molecule has 1 aromatic carbocycles. The lowest BCUT2D eigenvalue weighted by Gasteiger charge is -2.35. The van der Waals surface area contributed by atoms with Gasteiger partial charge in [0.2, 0.25) is 5.91 Å². The van der Waals surface area contributed by atoms with E-state index >= 15 is 0 Å². The number of hydrogen-bond donors (Lipinski definition) is 1. The Hall–Kier alpha value is -1.92. The first kappa shape index (κ1) is 19.8. The number of carbonyl (C=O) groups excluding carboxylic acids is 2. The summed E-state index contributed by atoms with van der Waals surface area (Å²) in [4.78, 5) is 28.7. The maximum Gasteiger partial charge on any atom is 0.251 e. The molecule has 0 bridgehead atoms. The molecule has 2 aliphatic rings. The SMILES string of the molecule is CCC(C)c1ccc(NC(=O)CN2CCN(C(=O)C3CCCO3)CC2)cc1. The molecule has 6 heteroatoms. The van der Waals surface area contributed by atoms with Gasteiger partial charge in [-0.1, -0.05) is 26.0 Å². The predicted molar refractivity (Wildman–Crippen MR) is 106 cm³/mol. The molecule has 6 nitrogen and oxygen atoms in total. The summed E-state index contributed by atoms with van der Waals surface area (Å²) in [6.45, 7) is 8.19. The summed E-state index contributed by atoms with van der Waals surface area (Å²) < 4.78 is 5.49. The lowest BCUT2D eigenvalue weighted by Crippen LogP contribution is -2.52. The van der Waals surface area contributed by atoms with Crippen molar-refractivity contribution in [1.82, 2.24) is 9.80 Å². The highest BCUT2D eigenvalue weighted by Gasteiger charge is 2.30. The van der Waals surface area contributed by atoms with Crippen LogP contribution in [0.3, 0.4) is 0 Å². The summed E-state index contributed by atoms with van der Waals surface area (Å²) in [6.07, 6.45) is 2.65. The van der Waals surface area contributed by atoms with Gasteiger partial charge in [-0.15, -0.1) is 0 Å². The van der Waals surface area contributed by atoms with Crippen molar-refractivity contribution in [1.29, 1.82) is 0 Å². The number of benzene rings is 1. The average molecular weight is 373 g/mol. The molecular weight excluding hydrogens is 342 g/mol. The van der Waals surface area contributed by atoms with E-state index in [0.29, 0.717) is 32.2 Å². The summed E-state index contributed by atoms with van der Waals surface area (Å²) in [6, 6.07) is 8.10. The maximum absolute atomic E-state index is 12.4. The number of nitrogens with zero attached hydrogens (tertiary/aromatic N) is 2.